The highest BCUT2D eigenvalue weighted by molar-refractivity contribution is 8.00. The maximum Gasteiger partial charge on any atom is 0.240 e. The highest BCUT2D eigenvalue weighted by Crippen LogP contribution is 2.26. The Morgan fingerprint density at radius 3 is 2.42 bits per heavy atom. The Labute approximate surface area is 157 Å². The van der Waals surface area contributed by atoms with Crippen molar-refractivity contribution in [1.82, 2.24) is 14.9 Å². The normalized spacial score (nSPS) is 12.0. The van der Waals surface area contributed by atoms with Crippen molar-refractivity contribution in [3.63, 3.8) is 0 Å². The van der Waals surface area contributed by atoms with Crippen molar-refractivity contribution in [3.05, 3.63) is 60.2 Å². The van der Waals surface area contributed by atoms with E-state index in [0.29, 0.717) is 11.0 Å². The molecule has 0 saturated heterocycles. The highest BCUT2D eigenvalue weighted by Gasteiger charge is 2.23. The Bertz CT molecular complexity index is 892. The highest BCUT2D eigenvalue weighted by atomic mass is 32.2. The summed E-state index contributed by atoms with van der Waals surface area (Å²) >= 11 is 1.29. The molecular weight excluding hydrogens is 346 g/mol. The van der Waals surface area contributed by atoms with Gasteiger partial charge in [-0.15, -0.1) is 10.2 Å². The summed E-state index contributed by atoms with van der Waals surface area (Å²) < 4.78 is 1.43. The molecule has 0 fully saturated rings. The Hall–Kier alpha value is -2.80. The molecule has 3 aromatic rings. The number of amides is 1. The molecule has 6 nitrogen and oxygen atoms in total. The average molecular weight is 367 g/mol. The van der Waals surface area contributed by atoms with Gasteiger partial charge in [0, 0.05) is 18.3 Å². The number of rotatable bonds is 5. The van der Waals surface area contributed by atoms with Crippen LogP contribution >= 0.6 is 11.8 Å². The molecule has 0 aliphatic heterocycles. The number of anilines is 1. The van der Waals surface area contributed by atoms with Crippen molar-refractivity contribution in [2.75, 3.05) is 17.8 Å². The molecule has 0 radical (unpaired) electrons. The SMILES string of the molecule is Cc1ccc(-c2nnc(SC(C)C(=O)N(C)c3ccccc3)n2N)cc1. The van der Waals surface area contributed by atoms with Gasteiger partial charge in [-0.3, -0.25) is 4.79 Å². The van der Waals surface area contributed by atoms with Crippen molar-refractivity contribution < 1.29 is 4.79 Å². The van der Waals surface area contributed by atoms with E-state index in [1.165, 1.54) is 16.4 Å². The number of aromatic nitrogens is 3. The summed E-state index contributed by atoms with van der Waals surface area (Å²) in [6.45, 7) is 3.86. The third-order valence-corrected chi connectivity index (χ3v) is 5.12. The molecule has 1 heterocycles. The van der Waals surface area contributed by atoms with Crippen LogP contribution < -0.4 is 10.7 Å². The number of hydrogen-bond acceptors (Lipinski definition) is 5. The van der Waals surface area contributed by atoms with Crippen LogP contribution in [-0.2, 0) is 4.79 Å². The molecule has 0 aliphatic rings. The van der Waals surface area contributed by atoms with E-state index < -0.39 is 0 Å². The van der Waals surface area contributed by atoms with Gasteiger partial charge in [-0.05, 0) is 26.0 Å². The number of benzene rings is 2. The lowest BCUT2D eigenvalue weighted by atomic mass is 10.1. The van der Waals surface area contributed by atoms with Crippen molar-refractivity contribution in [2.45, 2.75) is 24.3 Å². The number of carbonyl (C=O) groups is 1. The molecule has 0 bridgehead atoms. The minimum absolute atomic E-state index is 0.0268. The molecule has 2 N–H and O–H groups in total. The molecule has 1 atom stereocenters. The van der Waals surface area contributed by atoms with Crippen LogP contribution in [-0.4, -0.2) is 33.1 Å². The predicted octanol–water partition coefficient (Wildman–Crippen LogP) is 3.11. The number of nitrogens with zero attached hydrogens (tertiary/aromatic N) is 4. The van der Waals surface area contributed by atoms with Gasteiger partial charge in [0.1, 0.15) is 0 Å². The van der Waals surface area contributed by atoms with Gasteiger partial charge >= 0.3 is 0 Å². The van der Waals surface area contributed by atoms with Crippen LogP contribution in [0.5, 0.6) is 0 Å². The lowest BCUT2D eigenvalue weighted by molar-refractivity contribution is -0.117. The molecule has 1 amide bonds. The van der Waals surface area contributed by atoms with Gasteiger partial charge in [0.2, 0.25) is 11.1 Å². The second-order valence-electron chi connectivity index (χ2n) is 6.04. The van der Waals surface area contributed by atoms with Crippen LogP contribution in [0, 0.1) is 6.92 Å². The van der Waals surface area contributed by atoms with Gasteiger partial charge in [0.15, 0.2) is 5.82 Å². The molecule has 7 heteroatoms. The first-order chi connectivity index (χ1) is 12.5. The number of hydrogen-bond donors (Lipinski definition) is 1. The number of nitrogens with two attached hydrogens (primary N) is 1. The standard InChI is InChI=1S/C19H21N5OS/c1-13-9-11-15(12-10-13)17-21-22-19(24(17)20)26-14(2)18(25)23(3)16-7-5-4-6-8-16/h4-12,14H,20H2,1-3H3. The van der Waals surface area contributed by atoms with E-state index in [1.54, 1.807) is 11.9 Å². The van der Waals surface area contributed by atoms with E-state index in [0.717, 1.165) is 16.8 Å². The summed E-state index contributed by atoms with van der Waals surface area (Å²) in [5.74, 6) is 6.70. The van der Waals surface area contributed by atoms with Gasteiger partial charge in [0.05, 0.1) is 5.25 Å². The van der Waals surface area contributed by atoms with Gasteiger partial charge in [0.25, 0.3) is 0 Å². The zero-order valence-electron chi connectivity index (χ0n) is 15.0. The fraction of sp³-hybridized carbons (Fsp3) is 0.211. The predicted molar refractivity (Wildman–Crippen MR) is 106 cm³/mol. The number of nitrogen functional groups attached to an aromatic ring is 1. The third-order valence-electron chi connectivity index (χ3n) is 4.08. The largest absolute Gasteiger partial charge is 0.335 e. The Kier molecular flexibility index (Phi) is 5.27. The summed E-state index contributed by atoms with van der Waals surface area (Å²) in [6.07, 6.45) is 0. The van der Waals surface area contributed by atoms with Crippen molar-refractivity contribution >= 4 is 23.4 Å². The van der Waals surface area contributed by atoms with E-state index in [4.69, 9.17) is 5.84 Å². The average Bonchev–Trinajstić information content (AvgIpc) is 3.02. The maximum atomic E-state index is 12.7. The molecule has 134 valence electrons. The second-order valence-corrected chi connectivity index (χ2v) is 7.34. The van der Waals surface area contributed by atoms with Gasteiger partial charge in [-0.2, -0.15) is 0 Å². The van der Waals surface area contributed by atoms with E-state index in [1.807, 2.05) is 68.4 Å². The van der Waals surface area contributed by atoms with Crippen LogP contribution in [0.4, 0.5) is 5.69 Å². The van der Waals surface area contributed by atoms with Crippen molar-refractivity contribution in [2.24, 2.45) is 0 Å². The van der Waals surface area contributed by atoms with E-state index >= 15 is 0 Å². The Morgan fingerprint density at radius 1 is 1.12 bits per heavy atom. The van der Waals surface area contributed by atoms with Gasteiger partial charge in [-0.1, -0.05) is 59.8 Å². The topological polar surface area (TPSA) is 77.0 Å². The zero-order chi connectivity index (χ0) is 18.7. The maximum absolute atomic E-state index is 12.7. The number of para-hydroxylation sites is 1. The minimum Gasteiger partial charge on any atom is -0.335 e. The summed E-state index contributed by atoms with van der Waals surface area (Å²) in [5, 5.41) is 8.48. The lowest BCUT2D eigenvalue weighted by Gasteiger charge is -2.20. The summed E-state index contributed by atoms with van der Waals surface area (Å²) in [7, 11) is 1.76. The monoisotopic (exact) mass is 367 g/mol. The first-order valence-corrected chi connectivity index (χ1v) is 9.12. The molecule has 0 saturated carbocycles. The molecular formula is C19H21N5OS. The number of carbonyl (C=O) groups excluding carboxylic acids is 1. The first kappa shape index (κ1) is 18.0. The third kappa shape index (κ3) is 3.72. The van der Waals surface area contributed by atoms with Crippen LogP contribution in [0.15, 0.2) is 59.8 Å². The summed E-state index contributed by atoms with van der Waals surface area (Å²) in [6, 6.07) is 17.4. The van der Waals surface area contributed by atoms with Crippen molar-refractivity contribution in [3.8, 4) is 11.4 Å². The summed E-state index contributed by atoms with van der Waals surface area (Å²) in [5.41, 5.74) is 2.90. The van der Waals surface area contributed by atoms with E-state index in [9.17, 15) is 4.79 Å². The molecule has 0 aliphatic carbocycles. The summed E-state index contributed by atoms with van der Waals surface area (Å²) in [4.78, 5) is 14.3. The molecule has 1 aromatic heterocycles. The second kappa shape index (κ2) is 7.61. The van der Waals surface area contributed by atoms with E-state index in [2.05, 4.69) is 10.2 Å². The zero-order valence-corrected chi connectivity index (χ0v) is 15.8. The molecule has 1 unspecified atom stereocenters. The fourth-order valence-electron chi connectivity index (χ4n) is 2.52. The minimum atomic E-state index is -0.349. The quantitative estimate of drug-likeness (QED) is 0.554. The molecule has 2 aromatic carbocycles. The number of thioether (sulfide) groups is 1. The smallest absolute Gasteiger partial charge is 0.240 e. The van der Waals surface area contributed by atoms with Crippen molar-refractivity contribution in [1.29, 1.82) is 0 Å². The fourth-order valence-corrected chi connectivity index (χ4v) is 3.38. The first-order valence-electron chi connectivity index (χ1n) is 8.24. The van der Waals surface area contributed by atoms with Crippen LogP contribution in [0.1, 0.15) is 12.5 Å². The molecule has 26 heavy (non-hydrogen) atoms. The lowest BCUT2D eigenvalue weighted by Crippen LogP contribution is -2.33. The molecule has 3 rings (SSSR count). The molecule has 0 spiro atoms. The Morgan fingerprint density at radius 2 is 1.77 bits per heavy atom. The Balaban J connectivity index is 1.74. The van der Waals surface area contributed by atoms with Crippen LogP contribution in [0.25, 0.3) is 11.4 Å². The van der Waals surface area contributed by atoms with Crippen LogP contribution in [0.3, 0.4) is 0 Å². The van der Waals surface area contributed by atoms with E-state index in [-0.39, 0.29) is 11.2 Å². The number of aryl methyl sites for hydroxylation is 1. The van der Waals surface area contributed by atoms with Gasteiger partial charge in [-0.25, -0.2) is 4.68 Å². The van der Waals surface area contributed by atoms with Crippen LogP contribution in [0.2, 0.25) is 0 Å². The van der Waals surface area contributed by atoms with Gasteiger partial charge < -0.3 is 10.7 Å².